The largest absolute Gasteiger partial charge is 0.494 e. The Balaban J connectivity index is 1.51. The number of hydrogen-bond acceptors (Lipinski definition) is 4. The number of nitrogens with zero attached hydrogens (tertiary/aromatic N) is 4. The van der Waals surface area contributed by atoms with Gasteiger partial charge in [0.05, 0.1) is 18.0 Å². The van der Waals surface area contributed by atoms with E-state index in [1.165, 1.54) is 12.1 Å². The van der Waals surface area contributed by atoms with Gasteiger partial charge in [-0.25, -0.2) is 9.37 Å². The molecule has 1 fully saturated rings. The molecule has 0 spiro atoms. The van der Waals surface area contributed by atoms with Crippen LogP contribution < -0.4 is 4.74 Å². The van der Waals surface area contributed by atoms with Crippen molar-refractivity contribution < 1.29 is 13.9 Å². The molecule has 2 aromatic carbocycles. The first-order chi connectivity index (χ1) is 17.9. The van der Waals surface area contributed by atoms with Gasteiger partial charge in [-0.05, 0) is 66.6 Å². The zero-order valence-electron chi connectivity index (χ0n) is 21.7. The van der Waals surface area contributed by atoms with Crippen molar-refractivity contribution in [3.8, 4) is 28.1 Å². The molecule has 1 aliphatic rings. The lowest BCUT2D eigenvalue weighted by Crippen LogP contribution is -2.49. The van der Waals surface area contributed by atoms with Gasteiger partial charge >= 0.3 is 0 Å². The van der Waals surface area contributed by atoms with E-state index in [1.807, 2.05) is 49.9 Å². The molecule has 2 aromatic heterocycles. The third-order valence-corrected chi connectivity index (χ3v) is 6.86. The second-order valence-corrected chi connectivity index (χ2v) is 9.78. The Hall–Kier alpha value is -3.71. The van der Waals surface area contributed by atoms with Crippen LogP contribution in [0, 0.1) is 11.7 Å². The van der Waals surface area contributed by atoms with Crippen LogP contribution in [0.2, 0.25) is 0 Å². The van der Waals surface area contributed by atoms with Crippen LogP contribution >= 0.6 is 0 Å². The van der Waals surface area contributed by atoms with Crippen LogP contribution in [0.4, 0.5) is 4.39 Å². The number of piperazine rings is 1. The van der Waals surface area contributed by atoms with Crippen molar-refractivity contribution in [2.45, 2.75) is 27.3 Å². The molecule has 4 aromatic rings. The molecule has 0 unspecified atom stereocenters. The molecule has 1 saturated heterocycles. The van der Waals surface area contributed by atoms with Gasteiger partial charge in [-0.15, -0.1) is 0 Å². The minimum absolute atomic E-state index is 0.00931. The molecule has 0 bridgehead atoms. The standard InChI is InChI=1S/C30H33FN4O2/c1-4-37-26-7-5-6-23(18-26)24-10-13-28-32-29(22-8-11-25(31)12-9-22)27(35(28)19-24)20-33-14-16-34(17-15-33)30(36)21(2)3/h5-13,18-19,21H,4,14-17,20H2,1-3H3. The van der Waals surface area contributed by atoms with Crippen LogP contribution in [0.15, 0.2) is 66.9 Å². The first kappa shape index (κ1) is 25.0. The summed E-state index contributed by atoms with van der Waals surface area (Å²) in [5.41, 5.74) is 5.75. The number of rotatable bonds is 7. The molecule has 0 atom stereocenters. The van der Waals surface area contributed by atoms with Crippen LogP contribution in [0.3, 0.4) is 0 Å². The topological polar surface area (TPSA) is 50.1 Å². The smallest absolute Gasteiger partial charge is 0.225 e. The van der Waals surface area contributed by atoms with E-state index in [1.54, 1.807) is 12.1 Å². The predicted octanol–water partition coefficient (Wildman–Crippen LogP) is 5.51. The molecule has 192 valence electrons. The van der Waals surface area contributed by atoms with E-state index in [0.29, 0.717) is 13.2 Å². The highest BCUT2D eigenvalue weighted by Gasteiger charge is 2.25. The van der Waals surface area contributed by atoms with E-state index in [-0.39, 0.29) is 17.6 Å². The Labute approximate surface area is 217 Å². The minimum Gasteiger partial charge on any atom is -0.494 e. The first-order valence-electron chi connectivity index (χ1n) is 12.9. The maximum atomic E-state index is 13.7. The Morgan fingerprint density at radius 3 is 2.41 bits per heavy atom. The number of aromatic nitrogens is 2. The minimum atomic E-state index is -0.267. The van der Waals surface area contributed by atoms with Gasteiger partial charge in [-0.1, -0.05) is 26.0 Å². The molecule has 1 amide bonds. The lowest BCUT2D eigenvalue weighted by Gasteiger charge is -2.35. The van der Waals surface area contributed by atoms with Crippen LogP contribution in [0.5, 0.6) is 5.75 Å². The Morgan fingerprint density at radius 2 is 1.70 bits per heavy atom. The van der Waals surface area contributed by atoms with Crippen molar-refractivity contribution in [3.05, 3.63) is 78.4 Å². The number of imidazole rings is 1. The molecule has 1 aliphatic heterocycles. The average Bonchev–Trinajstić information content (AvgIpc) is 3.27. The number of hydrogen-bond donors (Lipinski definition) is 0. The Bertz CT molecular complexity index is 1390. The zero-order valence-corrected chi connectivity index (χ0v) is 21.7. The summed E-state index contributed by atoms with van der Waals surface area (Å²) in [5, 5.41) is 0. The van der Waals surface area contributed by atoms with E-state index in [4.69, 9.17) is 9.72 Å². The number of carbonyl (C=O) groups is 1. The number of carbonyl (C=O) groups excluding carboxylic acids is 1. The van der Waals surface area contributed by atoms with Crippen molar-refractivity contribution >= 4 is 11.6 Å². The number of ether oxygens (including phenoxy) is 1. The van der Waals surface area contributed by atoms with E-state index >= 15 is 0 Å². The van der Waals surface area contributed by atoms with E-state index in [2.05, 4.69) is 27.6 Å². The second-order valence-electron chi connectivity index (χ2n) is 9.78. The number of amides is 1. The van der Waals surface area contributed by atoms with Crippen molar-refractivity contribution in [1.82, 2.24) is 19.2 Å². The highest BCUT2D eigenvalue weighted by atomic mass is 19.1. The lowest BCUT2D eigenvalue weighted by atomic mass is 10.1. The molecule has 5 rings (SSSR count). The fourth-order valence-corrected chi connectivity index (χ4v) is 4.89. The average molecular weight is 501 g/mol. The molecule has 0 N–H and O–H groups in total. The highest BCUT2D eigenvalue weighted by molar-refractivity contribution is 5.78. The Morgan fingerprint density at radius 1 is 0.973 bits per heavy atom. The first-order valence-corrected chi connectivity index (χ1v) is 12.9. The van der Waals surface area contributed by atoms with Crippen molar-refractivity contribution in [1.29, 1.82) is 0 Å². The maximum Gasteiger partial charge on any atom is 0.225 e. The molecule has 37 heavy (non-hydrogen) atoms. The third kappa shape index (κ3) is 5.37. The van der Waals surface area contributed by atoms with Crippen molar-refractivity contribution in [3.63, 3.8) is 0 Å². The van der Waals surface area contributed by atoms with Gasteiger partial charge < -0.3 is 14.0 Å². The summed E-state index contributed by atoms with van der Waals surface area (Å²) >= 11 is 0. The van der Waals surface area contributed by atoms with Gasteiger partial charge in [0.15, 0.2) is 0 Å². The second kappa shape index (κ2) is 10.7. The van der Waals surface area contributed by atoms with Crippen LogP contribution in [0.25, 0.3) is 28.0 Å². The summed E-state index contributed by atoms with van der Waals surface area (Å²) < 4.78 is 21.5. The maximum absolute atomic E-state index is 13.7. The number of benzene rings is 2. The molecule has 0 saturated carbocycles. The van der Waals surface area contributed by atoms with Gasteiger partial charge in [0.2, 0.25) is 5.91 Å². The monoisotopic (exact) mass is 500 g/mol. The van der Waals surface area contributed by atoms with Gasteiger partial charge in [0, 0.05) is 50.4 Å². The zero-order chi connectivity index (χ0) is 25.9. The summed E-state index contributed by atoms with van der Waals surface area (Å²) in [4.78, 5) is 21.7. The molecule has 3 heterocycles. The third-order valence-electron chi connectivity index (χ3n) is 6.86. The lowest BCUT2D eigenvalue weighted by molar-refractivity contribution is -0.136. The Kier molecular flexibility index (Phi) is 7.24. The van der Waals surface area contributed by atoms with Gasteiger partial charge in [0.1, 0.15) is 17.2 Å². The fourth-order valence-electron chi connectivity index (χ4n) is 4.89. The molecular formula is C30H33FN4O2. The number of fused-ring (bicyclic) bond motifs is 1. The van der Waals surface area contributed by atoms with Crippen LogP contribution in [-0.4, -0.2) is 57.9 Å². The quantitative estimate of drug-likeness (QED) is 0.336. The highest BCUT2D eigenvalue weighted by Crippen LogP contribution is 2.30. The normalized spacial score (nSPS) is 14.5. The van der Waals surface area contributed by atoms with Crippen LogP contribution in [-0.2, 0) is 11.3 Å². The van der Waals surface area contributed by atoms with E-state index in [9.17, 15) is 9.18 Å². The molecule has 0 aliphatic carbocycles. The summed E-state index contributed by atoms with van der Waals surface area (Å²) in [6.45, 7) is 10.2. The summed E-state index contributed by atoms with van der Waals surface area (Å²) in [6, 6.07) is 18.7. The predicted molar refractivity (Wildman–Crippen MR) is 144 cm³/mol. The summed E-state index contributed by atoms with van der Waals surface area (Å²) in [7, 11) is 0. The number of pyridine rings is 1. The van der Waals surface area contributed by atoms with Crippen molar-refractivity contribution in [2.75, 3.05) is 32.8 Å². The van der Waals surface area contributed by atoms with Crippen LogP contribution in [0.1, 0.15) is 26.5 Å². The van der Waals surface area contributed by atoms with Gasteiger partial charge in [0.25, 0.3) is 0 Å². The SMILES string of the molecule is CCOc1cccc(-c2ccc3nc(-c4ccc(F)cc4)c(CN4CCN(C(=O)C(C)C)CC4)n3c2)c1. The number of halogens is 1. The van der Waals surface area contributed by atoms with E-state index in [0.717, 1.165) is 65.7 Å². The molecular weight excluding hydrogens is 467 g/mol. The fraction of sp³-hybridized carbons (Fsp3) is 0.333. The molecule has 7 heteroatoms. The summed E-state index contributed by atoms with van der Waals surface area (Å²) in [5.74, 6) is 0.790. The van der Waals surface area contributed by atoms with E-state index < -0.39 is 0 Å². The molecule has 6 nitrogen and oxygen atoms in total. The molecule has 0 radical (unpaired) electrons. The van der Waals surface area contributed by atoms with Crippen molar-refractivity contribution in [2.24, 2.45) is 5.92 Å². The summed E-state index contributed by atoms with van der Waals surface area (Å²) in [6.07, 6.45) is 2.12. The van der Waals surface area contributed by atoms with Gasteiger partial charge in [-0.2, -0.15) is 0 Å². The van der Waals surface area contributed by atoms with Gasteiger partial charge in [-0.3, -0.25) is 9.69 Å².